The molecular formula is C27H37N3O2. The topological polar surface area (TPSA) is 80.4 Å². The minimum absolute atomic E-state index is 0.0324. The van der Waals surface area contributed by atoms with E-state index in [9.17, 15) is 0 Å². The maximum atomic E-state index is 7.73. The summed E-state index contributed by atoms with van der Waals surface area (Å²) >= 11 is 0. The molecule has 0 spiro atoms. The highest BCUT2D eigenvalue weighted by molar-refractivity contribution is 6.09. The molecule has 2 rings (SSSR count). The number of benzene rings is 1. The van der Waals surface area contributed by atoms with Gasteiger partial charge < -0.3 is 25.9 Å². The fourth-order valence-corrected chi connectivity index (χ4v) is 3.86. The Bertz CT molecular complexity index is 991. The fourth-order valence-electron chi connectivity index (χ4n) is 3.86. The molecule has 1 aliphatic rings. The molecule has 1 unspecified atom stereocenters. The number of ether oxygens (including phenoxy) is 2. The van der Waals surface area contributed by atoms with Gasteiger partial charge in [0.2, 0.25) is 0 Å². The van der Waals surface area contributed by atoms with Crippen LogP contribution >= 0.6 is 0 Å². The van der Waals surface area contributed by atoms with Crippen LogP contribution in [0.25, 0.3) is 11.3 Å². The number of hydrogen-bond donors (Lipinski definition) is 3. The van der Waals surface area contributed by atoms with E-state index >= 15 is 0 Å². The Labute approximate surface area is 192 Å². The van der Waals surface area contributed by atoms with Gasteiger partial charge in [0.1, 0.15) is 11.5 Å². The van der Waals surface area contributed by atoms with Gasteiger partial charge in [-0.1, -0.05) is 40.0 Å². The third-order valence-electron chi connectivity index (χ3n) is 5.73. The molecule has 172 valence electrons. The molecule has 1 aliphatic heterocycles. The van der Waals surface area contributed by atoms with Gasteiger partial charge in [0, 0.05) is 46.4 Å². The van der Waals surface area contributed by atoms with Crippen molar-refractivity contribution in [3.8, 4) is 5.75 Å². The SMILES string of the molecule is C=C(/C=C1\NC(C(C)(C)C)Cc2cc(/C(C=N)=C/N)c(OC)cc21)/C(=C\C)C(=C)OCC. The number of methoxy groups -OCH3 is 1. The van der Waals surface area contributed by atoms with Crippen molar-refractivity contribution >= 4 is 17.5 Å². The van der Waals surface area contributed by atoms with Gasteiger partial charge in [-0.2, -0.15) is 0 Å². The first-order chi connectivity index (χ1) is 15.1. The summed E-state index contributed by atoms with van der Waals surface area (Å²) in [7, 11) is 1.63. The summed E-state index contributed by atoms with van der Waals surface area (Å²) < 4.78 is 11.3. The number of rotatable bonds is 8. The summed E-state index contributed by atoms with van der Waals surface area (Å²) in [4.78, 5) is 0. The van der Waals surface area contributed by atoms with Gasteiger partial charge >= 0.3 is 0 Å². The molecule has 0 saturated heterocycles. The van der Waals surface area contributed by atoms with Gasteiger partial charge in [0.25, 0.3) is 0 Å². The summed E-state index contributed by atoms with van der Waals surface area (Å²) in [5.74, 6) is 1.28. The Balaban J connectivity index is 2.67. The third kappa shape index (κ3) is 5.34. The largest absolute Gasteiger partial charge is 0.496 e. The van der Waals surface area contributed by atoms with Crippen LogP contribution in [-0.2, 0) is 11.2 Å². The van der Waals surface area contributed by atoms with Crippen molar-refractivity contribution in [1.29, 1.82) is 5.41 Å². The van der Waals surface area contributed by atoms with Crippen LogP contribution in [0.3, 0.4) is 0 Å². The number of allylic oxidation sites excluding steroid dienone is 4. The van der Waals surface area contributed by atoms with E-state index in [2.05, 4.69) is 45.3 Å². The van der Waals surface area contributed by atoms with E-state index in [0.717, 1.165) is 34.4 Å². The van der Waals surface area contributed by atoms with Crippen LogP contribution in [0, 0.1) is 10.8 Å². The van der Waals surface area contributed by atoms with Crippen LogP contribution < -0.4 is 15.8 Å². The normalized spacial score (nSPS) is 17.9. The van der Waals surface area contributed by atoms with Gasteiger partial charge in [-0.05, 0) is 55.0 Å². The molecule has 5 heteroatoms. The summed E-state index contributed by atoms with van der Waals surface area (Å²) in [5, 5.41) is 11.5. The molecule has 1 aromatic rings. The lowest BCUT2D eigenvalue weighted by Gasteiger charge is -2.38. The van der Waals surface area contributed by atoms with Gasteiger partial charge in [0.15, 0.2) is 0 Å². The zero-order chi connectivity index (χ0) is 24.1. The van der Waals surface area contributed by atoms with Crippen molar-refractivity contribution in [3.63, 3.8) is 0 Å². The lowest BCUT2D eigenvalue weighted by atomic mass is 9.78. The van der Waals surface area contributed by atoms with E-state index in [1.807, 2.05) is 32.1 Å². The van der Waals surface area contributed by atoms with Crippen molar-refractivity contribution in [2.45, 2.75) is 47.1 Å². The molecule has 1 atom stereocenters. The molecule has 1 aromatic carbocycles. The van der Waals surface area contributed by atoms with Crippen LogP contribution in [-0.4, -0.2) is 26.0 Å². The van der Waals surface area contributed by atoms with E-state index in [1.165, 1.54) is 18.0 Å². The summed E-state index contributed by atoms with van der Waals surface area (Å²) in [6, 6.07) is 4.31. The van der Waals surface area contributed by atoms with Crippen LogP contribution in [0.4, 0.5) is 0 Å². The third-order valence-corrected chi connectivity index (χ3v) is 5.73. The molecule has 0 aliphatic carbocycles. The maximum absolute atomic E-state index is 7.73. The zero-order valence-electron chi connectivity index (χ0n) is 20.3. The second-order valence-electron chi connectivity index (χ2n) is 8.88. The van der Waals surface area contributed by atoms with Gasteiger partial charge in [-0.3, -0.25) is 0 Å². The van der Waals surface area contributed by atoms with Crippen molar-refractivity contribution in [1.82, 2.24) is 5.32 Å². The smallest absolute Gasteiger partial charge is 0.127 e. The van der Waals surface area contributed by atoms with Gasteiger partial charge in [-0.15, -0.1) is 0 Å². The van der Waals surface area contributed by atoms with E-state index in [0.29, 0.717) is 23.7 Å². The number of nitrogens with one attached hydrogen (secondary N) is 2. The predicted molar refractivity (Wildman–Crippen MR) is 136 cm³/mol. The van der Waals surface area contributed by atoms with E-state index in [4.69, 9.17) is 20.6 Å². The standard InChI is InChI=1S/C27H37N3O2/c1-9-21(18(4)32-10-2)17(3)11-24-22-14-25(31-8)23(20(15-28)16-29)12-19(22)13-26(30-24)27(5,6)7/h9,11-12,14-16,26,28,30H,3-4,10,13,29H2,1-2,5-8H3/b20-16+,21-9+,24-11-,28-15?. The summed E-state index contributed by atoms with van der Waals surface area (Å²) in [6.07, 6.45) is 7.55. The lowest BCUT2D eigenvalue weighted by Crippen LogP contribution is -2.44. The number of fused-ring (bicyclic) bond motifs is 1. The second kappa shape index (κ2) is 10.4. The molecular weight excluding hydrogens is 398 g/mol. The minimum Gasteiger partial charge on any atom is -0.496 e. The van der Waals surface area contributed by atoms with Crippen LogP contribution in [0.5, 0.6) is 5.75 Å². The second-order valence-corrected chi connectivity index (χ2v) is 8.88. The molecule has 0 amide bonds. The van der Waals surface area contributed by atoms with Gasteiger partial charge in [0.05, 0.1) is 13.7 Å². The first-order valence-electron chi connectivity index (χ1n) is 10.9. The van der Waals surface area contributed by atoms with Crippen LogP contribution in [0.1, 0.15) is 51.3 Å². The van der Waals surface area contributed by atoms with E-state index in [-0.39, 0.29) is 11.5 Å². The Morgan fingerprint density at radius 1 is 1.31 bits per heavy atom. The fraction of sp³-hybridized carbons (Fsp3) is 0.370. The van der Waals surface area contributed by atoms with E-state index in [1.54, 1.807) is 7.11 Å². The zero-order valence-corrected chi connectivity index (χ0v) is 20.3. The van der Waals surface area contributed by atoms with Crippen molar-refractivity contribution < 1.29 is 9.47 Å². The Hall–Kier alpha value is -3.21. The predicted octanol–water partition coefficient (Wildman–Crippen LogP) is 5.60. The average molecular weight is 436 g/mol. The summed E-state index contributed by atoms with van der Waals surface area (Å²) in [6.45, 7) is 19.5. The van der Waals surface area contributed by atoms with Crippen LogP contribution in [0.2, 0.25) is 0 Å². The highest BCUT2D eigenvalue weighted by Gasteiger charge is 2.31. The lowest BCUT2D eigenvalue weighted by molar-refractivity contribution is 0.240. The highest BCUT2D eigenvalue weighted by Crippen LogP contribution is 2.38. The molecule has 32 heavy (non-hydrogen) atoms. The Morgan fingerprint density at radius 2 is 2.00 bits per heavy atom. The first-order valence-corrected chi connectivity index (χ1v) is 10.9. The molecule has 1 heterocycles. The van der Waals surface area contributed by atoms with Crippen molar-refractivity contribution in [3.05, 3.63) is 77.2 Å². The number of hydrogen-bond acceptors (Lipinski definition) is 5. The number of nitrogens with two attached hydrogens (primary N) is 1. The molecule has 0 aromatic heterocycles. The molecule has 0 fully saturated rings. The average Bonchev–Trinajstić information content (AvgIpc) is 2.74. The quantitative estimate of drug-likeness (QED) is 0.282. The van der Waals surface area contributed by atoms with E-state index < -0.39 is 0 Å². The molecule has 0 radical (unpaired) electrons. The van der Waals surface area contributed by atoms with Crippen LogP contribution in [0.15, 0.2) is 60.5 Å². The first kappa shape index (κ1) is 25.1. The molecule has 5 nitrogen and oxygen atoms in total. The van der Waals surface area contributed by atoms with Crippen molar-refractivity contribution in [2.24, 2.45) is 11.1 Å². The Morgan fingerprint density at radius 3 is 2.50 bits per heavy atom. The Kier molecular flexibility index (Phi) is 8.14. The van der Waals surface area contributed by atoms with Gasteiger partial charge in [-0.25, -0.2) is 0 Å². The highest BCUT2D eigenvalue weighted by atomic mass is 16.5. The van der Waals surface area contributed by atoms with Crippen molar-refractivity contribution in [2.75, 3.05) is 13.7 Å². The molecule has 0 bridgehead atoms. The minimum atomic E-state index is 0.0324. The molecule has 0 saturated carbocycles. The molecule has 4 N–H and O–H groups in total. The monoisotopic (exact) mass is 435 g/mol. The summed E-state index contributed by atoms with van der Waals surface area (Å²) in [5.41, 5.74) is 12.1. The maximum Gasteiger partial charge on any atom is 0.127 e.